The standard InChI is InChI=1S/C25H23ClF2N6O2/c1-13-30-22-19(24(35)33(13)3)20(28)23(31-21(22)16-5-4-15(26)8-17(16)27)34-11-18(14-9-29-32(2)10-14)36-25(12-34)6-7-25/h4-5,8-10,18H,6-7,11-12H2,1-3H3. The summed E-state index contributed by atoms with van der Waals surface area (Å²) in [6.07, 6.45) is 4.89. The Kier molecular flexibility index (Phi) is 5.17. The Morgan fingerprint density at radius 2 is 1.97 bits per heavy atom. The summed E-state index contributed by atoms with van der Waals surface area (Å²) in [4.78, 5) is 24.1. The minimum absolute atomic E-state index is 0.0104. The zero-order valence-corrected chi connectivity index (χ0v) is 20.7. The predicted molar refractivity (Wildman–Crippen MR) is 131 cm³/mol. The quantitative estimate of drug-likeness (QED) is 0.411. The summed E-state index contributed by atoms with van der Waals surface area (Å²) in [5.41, 5.74) is 0.0644. The third-order valence-electron chi connectivity index (χ3n) is 7.02. The highest BCUT2D eigenvalue weighted by Crippen LogP contribution is 2.48. The Morgan fingerprint density at radius 1 is 1.19 bits per heavy atom. The number of morpholine rings is 1. The van der Waals surface area contributed by atoms with Crippen molar-refractivity contribution in [1.29, 1.82) is 0 Å². The number of benzene rings is 1. The van der Waals surface area contributed by atoms with E-state index in [4.69, 9.17) is 16.3 Å². The van der Waals surface area contributed by atoms with Crippen LogP contribution in [-0.4, -0.2) is 43.0 Å². The van der Waals surface area contributed by atoms with E-state index in [2.05, 4.69) is 15.1 Å². The van der Waals surface area contributed by atoms with Crippen LogP contribution in [0.2, 0.25) is 5.02 Å². The van der Waals surface area contributed by atoms with Gasteiger partial charge in [0.15, 0.2) is 11.6 Å². The zero-order chi connectivity index (χ0) is 25.4. The molecule has 2 fully saturated rings. The number of pyridine rings is 1. The highest BCUT2D eigenvalue weighted by molar-refractivity contribution is 6.30. The molecule has 4 heterocycles. The van der Waals surface area contributed by atoms with E-state index in [1.807, 2.05) is 13.2 Å². The Hall–Kier alpha value is -3.37. The average Bonchev–Trinajstić information content (AvgIpc) is 3.41. The molecule has 0 amide bonds. The number of hydrogen-bond acceptors (Lipinski definition) is 6. The van der Waals surface area contributed by atoms with Crippen LogP contribution in [0.25, 0.3) is 22.2 Å². The van der Waals surface area contributed by atoms with Crippen LogP contribution in [0.15, 0.2) is 35.4 Å². The summed E-state index contributed by atoms with van der Waals surface area (Å²) < 4.78 is 40.6. The lowest BCUT2D eigenvalue weighted by Crippen LogP contribution is -2.46. The molecule has 186 valence electrons. The summed E-state index contributed by atoms with van der Waals surface area (Å²) in [6, 6.07) is 4.15. The van der Waals surface area contributed by atoms with E-state index in [1.54, 1.807) is 22.7 Å². The molecule has 0 bridgehead atoms. The summed E-state index contributed by atoms with van der Waals surface area (Å²) >= 11 is 5.97. The van der Waals surface area contributed by atoms with Crippen LogP contribution in [0, 0.1) is 18.6 Å². The Morgan fingerprint density at radius 3 is 2.64 bits per heavy atom. The molecule has 0 N–H and O–H groups in total. The smallest absolute Gasteiger partial charge is 0.264 e. The Bertz CT molecular complexity index is 1600. The largest absolute Gasteiger partial charge is 0.363 e. The van der Waals surface area contributed by atoms with Gasteiger partial charge in [0.1, 0.15) is 34.3 Å². The molecule has 11 heteroatoms. The van der Waals surface area contributed by atoms with Crippen molar-refractivity contribution in [1.82, 2.24) is 24.3 Å². The monoisotopic (exact) mass is 512 g/mol. The molecule has 2 aliphatic rings. The molecule has 1 atom stereocenters. The predicted octanol–water partition coefficient (Wildman–Crippen LogP) is 4.08. The van der Waals surface area contributed by atoms with Crippen molar-refractivity contribution in [3.8, 4) is 11.3 Å². The van der Waals surface area contributed by atoms with Gasteiger partial charge in [-0.1, -0.05) is 11.6 Å². The summed E-state index contributed by atoms with van der Waals surface area (Å²) in [6.45, 7) is 2.33. The molecule has 1 aromatic carbocycles. The molecule has 1 saturated carbocycles. The van der Waals surface area contributed by atoms with Gasteiger partial charge in [0.25, 0.3) is 5.56 Å². The van der Waals surface area contributed by atoms with Crippen molar-refractivity contribution < 1.29 is 13.5 Å². The highest BCUT2D eigenvalue weighted by Gasteiger charge is 2.51. The van der Waals surface area contributed by atoms with Crippen LogP contribution in [0.3, 0.4) is 0 Å². The van der Waals surface area contributed by atoms with Crippen molar-refractivity contribution in [2.75, 3.05) is 18.0 Å². The third-order valence-corrected chi connectivity index (χ3v) is 7.25. The molecular formula is C25H23ClF2N6O2. The molecule has 1 saturated heterocycles. The van der Waals surface area contributed by atoms with Gasteiger partial charge in [0.2, 0.25) is 0 Å². The van der Waals surface area contributed by atoms with Gasteiger partial charge in [-0.25, -0.2) is 18.7 Å². The van der Waals surface area contributed by atoms with Crippen molar-refractivity contribution >= 4 is 28.3 Å². The second kappa shape index (κ2) is 8.07. The van der Waals surface area contributed by atoms with Gasteiger partial charge in [-0.3, -0.25) is 14.0 Å². The number of nitrogens with zero attached hydrogens (tertiary/aromatic N) is 6. The number of fused-ring (bicyclic) bond motifs is 1. The number of ether oxygens (including phenoxy) is 1. The van der Waals surface area contributed by atoms with Crippen LogP contribution < -0.4 is 10.5 Å². The Balaban J connectivity index is 1.57. The lowest BCUT2D eigenvalue weighted by molar-refractivity contribution is -0.0457. The lowest BCUT2D eigenvalue weighted by Gasteiger charge is -2.39. The SMILES string of the molecule is Cc1nc2c(-c3ccc(Cl)cc3F)nc(N3CC(c4cnn(C)c4)OC4(CC4)C3)c(F)c2c(=O)n1C. The fourth-order valence-corrected chi connectivity index (χ4v) is 4.98. The first-order valence-corrected chi connectivity index (χ1v) is 12.0. The molecule has 0 radical (unpaired) electrons. The molecule has 1 unspecified atom stereocenters. The molecule has 8 nitrogen and oxygen atoms in total. The normalized spacial score (nSPS) is 18.8. The van der Waals surface area contributed by atoms with Gasteiger partial charge in [-0.15, -0.1) is 0 Å². The minimum atomic E-state index is -0.779. The van der Waals surface area contributed by atoms with Crippen LogP contribution in [0.1, 0.15) is 30.3 Å². The van der Waals surface area contributed by atoms with Gasteiger partial charge in [0, 0.05) is 43.0 Å². The minimum Gasteiger partial charge on any atom is -0.363 e. The van der Waals surface area contributed by atoms with Gasteiger partial charge in [-0.2, -0.15) is 5.10 Å². The number of halogens is 3. The lowest BCUT2D eigenvalue weighted by atomic mass is 10.1. The first kappa shape index (κ1) is 23.1. The molecule has 1 spiro atoms. The van der Waals surface area contributed by atoms with Crippen molar-refractivity contribution in [3.63, 3.8) is 0 Å². The number of aromatic nitrogens is 5. The molecule has 1 aliphatic carbocycles. The summed E-state index contributed by atoms with van der Waals surface area (Å²) in [7, 11) is 3.35. The van der Waals surface area contributed by atoms with Gasteiger partial charge in [-0.05, 0) is 38.0 Å². The van der Waals surface area contributed by atoms with E-state index in [0.717, 1.165) is 24.5 Å². The van der Waals surface area contributed by atoms with Crippen LogP contribution >= 0.6 is 11.6 Å². The van der Waals surface area contributed by atoms with Gasteiger partial charge in [0.05, 0.1) is 18.3 Å². The van der Waals surface area contributed by atoms with Crippen LogP contribution in [-0.2, 0) is 18.8 Å². The molecular weight excluding hydrogens is 490 g/mol. The first-order valence-electron chi connectivity index (χ1n) is 11.6. The van der Waals surface area contributed by atoms with E-state index < -0.39 is 22.8 Å². The zero-order valence-electron chi connectivity index (χ0n) is 19.9. The van der Waals surface area contributed by atoms with E-state index in [0.29, 0.717) is 18.9 Å². The van der Waals surface area contributed by atoms with Crippen molar-refractivity contribution in [3.05, 3.63) is 69.0 Å². The fourth-order valence-electron chi connectivity index (χ4n) is 4.82. The molecule has 1 aliphatic heterocycles. The van der Waals surface area contributed by atoms with E-state index in [1.165, 1.54) is 23.7 Å². The van der Waals surface area contributed by atoms with E-state index in [-0.39, 0.29) is 39.1 Å². The fraction of sp³-hybridized carbons (Fsp3) is 0.360. The van der Waals surface area contributed by atoms with E-state index >= 15 is 8.78 Å². The molecule has 4 aromatic rings. The molecule has 6 rings (SSSR count). The number of hydrogen-bond donors (Lipinski definition) is 0. The van der Waals surface area contributed by atoms with E-state index in [9.17, 15) is 4.79 Å². The topological polar surface area (TPSA) is 78.1 Å². The summed E-state index contributed by atoms with van der Waals surface area (Å²) in [5, 5.41) is 4.22. The summed E-state index contributed by atoms with van der Waals surface area (Å²) in [5.74, 6) is -1.09. The first-order chi connectivity index (χ1) is 17.2. The van der Waals surface area contributed by atoms with Crippen molar-refractivity contribution in [2.24, 2.45) is 14.1 Å². The van der Waals surface area contributed by atoms with Crippen molar-refractivity contribution in [2.45, 2.75) is 31.5 Å². The van der Waals surface area contributed by atoms with Crippen LogP contribution in [0.4, 0.5) is 14.6 Å². The third kappa shape index (κ3) is 3.67. The van der Waals surface area contributed by atoms with Gasteiger partial charge >= 0.3 is 0 Å². The van der Waals surface area contributed by atoms with Gasteiger partial charge < -0.3 is 9.64 Å². The average molecular weight is 513 g/mol. The molecule has 36 heavy (non-hydrogen) atoms. The maximum Gasteiger partial charge on any atom is 0.264 e. The van der Waals surface area contributed by atoms with Crippen LogP contribution in [0.5, 0.6) is 0 Å². The second-order valence-corrected chi connectivity index (χ2v) is 10.0. The maximum atomic E-state index is 16.2. The number of rotatable bonds is 3. The maximum absolute atomic E-state index is 16.2. The highest BCUT2D eigenvalue weighted by atomic mass is 35.5. The number of anilines is 1. The molecule has 3 aromatic heterocycles. The number of aryl methyl sites for hydroxylation is 2. The second-order valence-electron chi connectivity index (χ2n) is 9.59. The Labute approximate surface area is 210 Å².